The second kappa shape index (κ2) is 8.77. The molecule has 0 saturated heterocycles. The zero-order chi connectivity index (χ0) is 19.9. The van der Waals surface area contributed by atoms with E-state index in [-0.39, 0.29) is 24.7 Å². The monoisotopic (exact) mass is 372 g/mol. The number of primary amides is 1. The zero-order valence-corrected chi connectivity index (χ0v) is 15.2. The lowest BCUT2D eigenvalue weighted by Gasteiger charge is -2.21. The molecule has 0 heterocycles. The molecule has 0 aliphatic heterocycles. The summed E-state index contributed by atoms with van der Waals surface area (Å²) in [6.07, 6.45) is 0.192. The van der Waals surface area contributed by atoms with Crippen LogP contribution in [0.1, 0.15) is 21.5 Å². The Morgan fingerprint density at radius 3 is 1.46 bits per heavy atom. The molecule has 5 heteroatoms. The number of carbonyl (C=O) groups excluding carboxylic acids is 3. The first-order valence-electron chi connectivity index (χ1n) is 8.88. The number of imide groups is 1. The highest BCUT2D eigenvalue weighted by Crippen LogP contribution is 2.19. The van der Waals surface area contributed by atoms with Crippen LogP contribution in [-0.4, -0.2) is 17.7 Å². The number of carbonyl (C=O) groups is 3. The number of nitrogens with zero attached hydrogens (tertiary/aromatic N) is 1. The normalized spacial score (nSPS) is 10.3. The van der Waals surface area contributed by atoms with Crippen LogP contribution in [0.2, 0.25) is 0 Å². The number of amides is 3. The molecule has 140 valence electrons. The minimum absolute atomic E-state index is 0.0962. The van der Waals surface area contributed by atoms with Gasteiger partial charge in [-0.25, -0.2) is 0 Å². The molecule has 3 amide bonds. The van der Waals surface area contributed by atoms with E-state index in [0.717, 1.165) is 11.1 Å². The van der Waals surface area contributed by atoms with E-state index in [1.165, 1.54) is 17.0 Å². The first-order valence-corrected chi connectivity index (χ1v) is 8.88. The van der Waals surface area contributed by atoms with Crippen molar-refractivity contribution in [3.8, 4) is 0 Å². The van der Waals surface area contributed by atoms with Crippen molar-refractivity contribution >= 4 is 23.4 Å². The summed E-state index contributed by atoms with van der Waals surface area (Å²) in [5.74, 6) is -1.23. The van der Waals surface area contributed by atoms with Gasteiger partial charge < -0.3 is 5.73 Å². The highest BCUT2D eigenvalue weighted by Gasteiger charge is 2.24. The third-order valence-electron chi connectivity index (χ3n) is 4.31. The van der Waals surface area contributed by atoms with Crippen LogP contribution in [0.4, 0.5) is 5.69 Å². The van der Waals surface area contributed by atoms with Gasteiger partial charge in [0.2, 0.25) is 17.7 Å². The lowest BCUT2D eigenvalue weighted by Crippen LogP contribution is -2.39. The predicted molar refractivity (Wildman–Crippen MR) is 108 cm³/mol. The molecule has 3 aromatic carbocycles. The summed E-state index contributed by atoms with van der Waals surface area (Å²) in [7, 11) is 0. The summed E-state index contributed by atoms with van der Waals surface area (Å²) in [6.45, 7) is 0. The highest BCUT2D eigenvalue weighted by molar-refractivity contribution is 6.16. The molecule has 28 heavy (non-hydrogen) atoms. The molecular formula is C23H20N2O3. The van der Waals surface area contributed by atoms with Crippen molar-refractivity contribution in [1.29, 1.82) is 0 Å². The Balaban J connectivity index is 1.89. The molecule has 0 radical (unpaired) electrons. The molecule has 0 unspecified atom stereocenters. The van der Waals surface area contributed by atoms with Gasteiger partial charge >= 0.3 is 0 Å². The van der Waals surface area contributed by atoms with Gasteiger partial charge in [-0.05, 0) is 35.4 Å². The van der Waals surface area contributed by atoms with E-state index in [9.17, 15) is 14.4 Å². The second-order valence-electron chi connectivity index (χ2n) is 6.36. The lowest BCUT2D eigenvalue weighted by atomic mass is 10.1. The molecule has 3 rings (SSSR count). The van der Waals surface area contributed by atoms with E-state index in [1.54, 1.807) is 12.1 Å². The van der Waals surface area contributed by atoms with Crippen molar-refractivity contribution in [3.05, 3.63) is 102 Å². The largest absolute Gasteiger partial charge is 0.366 e. The Hall–Kier alpha value is -3.73. The minimum atomic E-state index is -0.565. The fourth-order valence-electron chi connectivity index (χ4n) is 2.90. The first kappa shape index (κ1) is 19.0. The van der Waals surface area contributed by atoms with E-state index in [1.807, 2.05) is 60.7 Å². The number of hydrogen-bond donors (Lipinski definition) is 1. The van der Waals surface area contributed by atoms with Crippen molar-refractivity contribution in [2.75, 3.05) is 4.90 Å². The topological polar surface area (TPSA) is 80.5 Å². The second-order valence-corrected chi connectivity index (χ2v) is 6.36. The Morgan fingerprint density at radius 2 is 1.07 bits per heavy atom. The molecule has 5 nitrogen and oxygen atoms in total. The minimum Gasteiger partial charge on any atom is -0.366 e. The van der Waals surface area contributed by atoms with Crippen molar-refractivity contribution in [1.82, 2.24) is 0 Å². The maximum Gasteiger partial charge on any atom is 0.248 e. The van der Waals surface area contributed by atoms with Gasteiger partial charge in [-0.3, -0.25) is 19.3 Å². The Labute approximate surface area is 163 Å². The van der Waals surface area contributed by atoms with Crippen molar-refractivity contribution in [2.24, 2.45) is 5.73 Å². The number of nitrogens with two attached hydrogens (primary N) is 1. The molecule has 0 bridgehead atoms. The average molecular weight is 372 g/mol. The molecule has 0 spiro atoms. The van der Waals surface area contributed by atoms with Gasteiger partial charge in [0, 0.05) is 5.56 Å². The molecule has 0 saturated carbocycles. The predicted octanol–water partition coefficient (Wildman–Crippen LogP) is 3.13. The quantitative estimate of drug-likeness (QED) is 0.722. The molecule has 0 aliphatic rings. The summed E-state index contributed by atoms with van der Waals surface area (Å²) in [5, 5.41) is 0. The lowest BCUT2D eigenvalue weighted by molar-refractivity contribution is -0.125. The third kappa shape index (κ3) is 4.71. The maximum absolute atomic E-state index is 13.0. The standard InChI is InChI=1S/C23H20N2O3/c24-23(28)19-11-13-20(14-12-19)25(21(26)15-17-7-3-1-4-8-17)22(27)16-18-9-5-2-6-10-18/h1-14H,15-16H2,(H2,24,28). The molecule has 3 aromatic rings. The molecular weight excluding hydrogens is 352 g/mol. The van der Waals surface area contributed by atoms with Gasteiger partial charge in [0.15, 0.2) is 0 Å². The molecule has 0 atom stereocenters. The molecule has 0 aromatic heterocycles. The van der Waals surface area contributed by atoms with Crippen LogP contribution in [0.3, 0.4) is 0 Å². The molecule has 0 aliphatic carbocycles. The summed E-state index contributed by atoms with van der Waals surface area (Å²) < 4.78 is 0. The Morgan fingerprint density at radius 1 is 0.643 bits per heavy atom. The van der Waals surface area contributed by atoms with Gasteiger partial charge in [-0.15, -0.1) is 0 Å². The summed E-state index contributed by atoms with van der Waals surface area (Å²) in [4.78, 5) is 38.4. The van der Waals surface area contributed by atoms with Gasteiger partial charge in [-0.2, -0.15) is 0 Å². The van der Waals surface area contributed by atoms with E-state index >= 15 is 0 Å². The maximum atomic E-state index is 13.0. The smallest absolute Gasteiger partial charge is 0.248 e. The zero-order valence-electron chi connectivity index (χ0n) is 15.2. The molecule has 2 N–H and O–H groups in total. The van der Waals surface area contributed by atoms with Crippen molar-refractivity contribution < 1.29 is 14.4 Å². The highest BCUT2D eigenvalue weighted by atomic mass is 16.2. The Kier molecular flexibility index (Phi) is 5.97. The van der Waals surface area contributed by atoms with E-state index < -0.39 is 5.91 Å². The van der Waals surface area contributed by atoms with Crippen LogP contribution in [0.25, 0.3) is 0 Å². The van der Waals surface area contributed by atoms with Crippen LogP contribution in [-0.2, 0) is 22.4 Å². The fraction of sp³-hybridized carbons (Fsp3) is 0.0870. The average Bonchev–Trinajstić information content (AvgIpc) is 2.70. The number of hydrogen-bond acceptors (Lipinski definition) is 3. The Bertz CT molecular complexity index is 914. The van der Waals surface area contributed by atoms with Crippen molar-refractivity contribution in [2.45, 2.75) is 12.8 Å². The number of benzene rings is 3. The summed E-state index contributed by atoms with van der Waals surface area (Å²) in [6, 6.07) is 24.6. The third-order valence-corrected chi connectivity index (χ3v) is 4.31. The van der Waals surface area contributed by atoms with Crippen LogP contribution >= 0.6 is 0 Å². The van der Waals surface area contributed by atoms with E-state index in [4.69, 9.17) is 5.73 Å². The van der Waals surface area contributed by atoms with Gasteiger partial charge in [0.1, 0.15) is 0 Å². The SMILES string of the molecule is NC(=O)c1ccc(N(C(=O)Cc2ccccc2)C(=O)Cc2ccccc2)cc1. The summed E-state index contributed by atoms with van der Waals surface area (Å²) >= 11 is 0. The van der Waals surface area contributed by atoms with Crippen LogP contribution < -0.4 is 10.6 Å². The van der Waals surface area contributed by atoms with Crippen molar-refractivity contribution in [3.63, 3.8) is 0 Å². The van der Waals surface area contributed by atoms with Crippen LogP contribution in [0.5, 0.6) is 0 Å². The van der Waals surface area contributed by atoms with Gasteiger partial charge in [0.05, 0.1) is 18.5 Å². The van der Waals surface area contributed by atoms with Crippen LogP contribution in [0.15, 0.2) is 84.9 Å². The summed E-state index contributed by atoms with van der Waals surface area (Å²) in [5.41, 5.74) is 7.64. The van der Waals surface area contributed by atoms with E-state index in [0.29, 0.717) is 11.3 Å². The van der Waals surface area contributed by atoms with Gasteiger partial charge in [0.25, 0.3) is 0 Å². The fourth-order valence-corrected chi connectivity index (χ4v) is 2.90. The molecule has 0 fully saturated rings. The number of anilines is 1. The first-order chi connectivity index (χ1) is 13.5. The van der Waals surface area contributed by atoms with E-state index in [2.05, 4.69) is 0 Å². The number of rotatable bonds is 6. The van der Waals surface area contributed by atoms with Crippen LogP contribution in [0, 0.1) is 0 Å². The van der Waals surface area contributed by atoms with Gasteiger partial charge in [-0.1, -0.05) is 60.7 Å².